The highest BCUT2D eigenvalue weighted by Crippen LogP contribution is 2.10. The van der Waals surface area contributed by atoms with Crippen LogP contribution in [0.1, 0.15) is 19.4 Å². The molecule has 21 heavy (non-hydrogen) atoms. The fraction of sp³-hybridized carbons (Fsp3) is 0.467. The van der Waals surface area contributed by atoms with Crippen molar-refractivity contribution in [1.29, 1.82) is 0 Å². The molecule has 0 heterocycles. The first kappa shape index (κ1) is 17.1. The monoisotopic (exact) mass is 292 g/mol. The molecule has 0 aliphatic heterocycles. The first-order valence-corrected chi connectivity index (χ1v) is 7.00. The third-order valence-electron chi connectivity index (χ3n) is 2.82. The first-order valence-electron chi connectivity index (χ1n) is 7.00. The van der Waals surface area contributed by atoms with Crippen LogP contribution in [0.25, 0.3) is 0 Å². The Kier molecular flexibility index (Phi) is 6.84. The standard InChI is InChI=1S/C15H24N4O2/c1-11(2)8-19(9-14(17)20)10-15(21)18-13-5-3-4-12(6-13)7-16/h3-6,11H,7-10,16H2,1-2H3,(H2,17,20)(H,18,21). The molecule has 0 unspecified atom stereocenters. The van der Waals surface area contributed by atoms with E-state index in [4.69, 9.17) is 11.5 Å². The molecule has 0 aliphatic carbocycles. The van der Waals surface area contributed by atoms with Gasteiger partial charge in [-0.05, 0) is 23.6 Å². The number of carbonyl (C=O) groups is 2. The highest BCUT2D eigenvalue weighted by Gasteiger charge is 2.14. The van der Waals surface area contributed by atoms with Crippen molar-refractivity contribution in [2.75, 3.05) is 25.0 Å². The van der Waals surface area contributed by atoms with Crippen LogP contribution in [0.5, 0.6) is 0 Å². The number of nitrogens with one attached hydrogen (secondary N) is 1. The van der Waals surface area contributed by atoms with Crippen molar-refractivity contribution in [3.63, 3.8) is 0 Å². The number of nitrogens with two attached hydrogens (primary N) is 2. The summed E-state index contributed by atoms with van der Waals surface area (Å²) in [6.45, 7) is 5.32. The maximum Gasteiger partial charge on any atom is 0.238 e. The second kappa shape index (κ2) is 8.39. The number of hydrogen-bond acceptors (Lipinski definition) is 4. The van der Waals surface area contributed by atoms with E-state index in [-0.39, 0.29) is 19.0 Å². The highest BCUT2D eigenvalue weighted by atomic mass is 16.2. The van der Waals surface area contributed by atoms with E-state index in [0.717, 1.165) is 5.56 Å². The Bertz CT molecular complexity index is 488. The molecule has 0 saturated heterocycles. The van der Waals surface area contributed by atoms with Gasteiger partial charge in [0.1, 0.15) is 0 Å². The van der Waals surface area contributed by atoms with Crippen LogP contribution in [0.4, 0.5) is 5.69 Å². The van der Waals surface area contributed by atoms with Crippen LogP contribution in [0.3, 0.4) is 0 Å². The van der Waals surface area contributed by atoms with Gasteiger partial charge in [-0.25, -0.2) is 0 Å². The second-order valence-corrected chi connectivity index (χ2v) is 5.48. The van der Waals surface area contributed by atoms with Gasteiger partial charge in [0.05, 0.1) is 13.1 Å². The Balaban J connectivity index is 2.61. The summed E-state index contributed by atoms with van der Waals surface area (Å²) in [5.41, 5.74) is 12.4. The number of amides is 2. The summed E-state index contributed by atoms with van der Waals surface area (Å²) in [6.07, 6.45) is 0. The third-order valence-corrected chi connectivity index (χ3v) is 2.82. The molecule has 0 fully saturated rings. The van der Waals surface area contributed by atoms with Crippen LogP contribution in [0, 0.1) is 5.92 Å². The van der Waals surface area contributed by atoms with Crippen LogP contribution in [-0.4, -0.2) is 36.3 Å². The minimum atomic E-state index is -0.437. The van der Waals surface area contributed by atoms with Crippen molar-refractivity contribution in [3.05, 3.63) is 29.8 Å². The lowest BCUT2D eigenvalue weighted by Gasteiger charge is -2.22. The van der Waals surface area contributed by atoms with Gasteiger partial charge >= 0.3 is 0 Å². The maximum absolute atomic E-state index is 12.0. The van der Waals surface area contributed by atoms with Crippen LogP contribution >= 0.6 is 0 Å². The highest BCUT2D eigenvalue weighted by molar-refractivity contribution is 5.92. The van der Waals surface area contributed by atoms with Crippen molar-refractivity contribution < 1.29 is 9.59 Å². The molecule has 6 heteroatoms. The number of primary amides is 1. The predicted octanol–water partition coefficient (Wildman–Crippen LogP) is 0.527. The molecular formula is C15H24N4O2. The molecule has 0 spiro atoms. The van der Waals surface area contributed by atoms with E-state index in [1.54, 1.807) is 11.0 Å². The minimum Gasteiger partial charge on any atom is -0.369 e. The van der Waals surface area contributed by atoms with Gasteiger partial charge in [0.15, 0.2) is 0 Å². The average molecular weight is 292 g/mol. The van der Waals surface area contributed by atoms with Gasteiger partial charge in [0, 0.05) is 18.8 Å². The van der Waals surface area contributed by atoms with E-state index in [1.807, 2.05) is 32.0 Å². The Morgan fingerprint density at radius 2 is 2.00 bits per heavy atom. The lowest BCUT2D eigenvalue weighted by molar-refractivity contribution is -0.121. The normalized spacial score (nSPS) is 10.9. The van der Waals surface area contributed by atoms with Crippen LogP contribution < -0.4 is 16.8 Å². The molecule has 1 rings (SSSR count). The molecule has 0 atom stereocenters. The van der Waals surface area contributed by atoms with Crippen LogP contribution in [0.2, 0.25) is 0 Å². The zero-order valence-corrected chi connectivity index (χ0v) is 12.6. The van der Waals surface area contributed by atoms with Crippen molar-refractivity contribution in [2.24, 2.45) is 17.4 Å². The molecule has 0 aliphatic rings. The molecule has 6 nitrogen and oxygen atoms in total. The number of rotatable bonds is 8. The quantitative estimate of drug-likeness (QED) is 0.650. The molecular weight excluding hydrogens is 268 g/mol. The molecule has 0 bridgehead atoms. The summed E-state index contributed by atoms with van der Waals surface area (Å²) >= 11 is 0. The number of anilines is 1. The molecule has 116 valence electrons. The molecule has 1 aromatic carbocycles. The van der Waals surface area contributed by atoms with E-state index in [9.17, 15) is 9.59 Å². The zero-order valence-electron chi connectivity index (χ0n) is 12.6. The molecule has 1 aromatic rings. The van der Waals surface area contributed by atoms with Gasteiger partial charge in [0.25, 0.3) is 0 Å². The molecule has 5 N–H and O–H groups in total. The van der Waals surface area contributed by atoms with Gasteiger partial charge in [-0.3, -0.25) is 14.5 Å². The van der Waals surface area contributed by atoms with Crippen molar-refractivity contribution in [1.82, 2.24) is 4.90 Å². The Morgan fingerprint density at radius 3 is 2.57 bits per heavy atom. The zero-order chi connectivity index (χ0) is 15.8. The molecule has 0 aromatic heterocycles. The van der Waals surface area contributed by atoms with E-state index < -0.39 is 5.91 Å². The number of benzene rings is 1. The van der Waals surface area contributed by atoms with E-state index in [2.05, 4.69) is 5.32 Å². The van der Waals surface area contributed by atoms with Crippen LogP contribution in [-0.2, 0) is 16.1 Å². The van der Waals surface area contributed by atoms with Crippen molar-refractivity contribution in [2.45, 2.75) is 20.4 Å². The summed E-state index contributed by atoms with van der Waals surface area (Å²) in [5.74, 6) is -0.266. The van der Waals surface area contributed by atoms with Gasteiger partial charge in [0.2, 0.25) is 11.8 Å². The summed E-state index contributed by atoms with van der Waals surface area (Å²) in [5, 5.41) is 2.81. The molecule has 0 saturated carbocycles. The summed E-state index contributed by atoms with van der Waals surface area (Å²) in [4.78, 5) is 24.8. The summed E-state index contributed by atoms with van der Waals surface area (Å²) < 4.78 is 0. The van der Waals surface area contributed by atoms with Gasteiger partial charge in [-0.15, -0.1) is 0 Å². The predicted molar refractivity (Wildman–Crippen MR) is 83.4 cm³/mol. The lowest BCUT2D eigenvalue weighted by Crippen LogP contribution is -2.41. The molecule has 2 amide bonds. The maximum atomic E-state index is 12.0. The Hall–Kier alpha value is -1.92. The summed E-state index contributed by atoms with van der Waals surface area (Å²) in [6, 6.07) is 7.37. The lowest BCUT2D eigenvalue weighted by atomic mass is 10.2. The first-order chi connectivity index (χ1) is 9.90. The third kappa shape index (κ3) is 6.87. The molecule has 0 radical (unpaired) electrons. The SMILES string of the molecule is CC(C)CN(CC(N)=O)CC(=O)Nc1cccc(CN)c1. The minimum absolute atomic E-state index is 0.0778. The Morgan fingerprint density at radius 1 is 1.29 bits per heavy atom. The van der Waals surface area contributed by atoms with Gasteiger partial charge < -0.3 is 16.8 Å². The van der Waals surface area contributed by atoms with Gasteiger partial charge in [-0.2, -0.15) is 0 Å². The van der Waals surface area contributed by atoms with Gasteiger partial charge in [-0.1, -0.05) is 26.0 Å². The number of nitrogens with zero attached hydrogens (tertiary/aromatic N) is 1. The van der Waals surface area contributed by atoms with Crippen LogP contribution in [0.15, 0.2) is 24.3 Å². The largest absolute Gasteiger partial charge is 0.369 e. The fourth-order valence-electron chi connectivity index (χ4n) is 2.10. The van der Waals surface area contributed by atoms with Crippen molar-refractivity contribution in [3.8, 4) is 0 Å². The number of carbonyl (C=O) groups excluding carboxylic acids is 2. The Labute approximate surface area is 125 Å². The smallest absolute Gasteiger partial charge is 0.238 e. The fourth-order valence-corrected chi connectivity index (χ4v) is 2.10. The van der Waals surface area contributed by atoms with Crippen molar-refractivity contribution >= 4 is 17.5 Å². The topological polar surface area (TPSA) is 101 Å². The van der Waals surface area contributed by atoms with E-state index in [0.29, 0.717) is 24.7 Å². The summed E-state index contributed by atoms with van der Waals surface area (Å²) in [7, 11) is 0. The van der Waals surface area contributed by atoms with E-state index in [1.165, 1.54) is 0 Å². The van der Waals surface area contributed by atoms with E-state index >= 15 is 0 Å². The second-order valence-electron chi connectivity index (χ2n) is 5.48. The number of hydrogen-bond donors (Lipinski definition) is 3. The average Bonchev–Trinajstić information content (AvgIpc) is 2.37.